The molecule has 13 atom stereocenters. The minimum Gasteiger partial charge on any atom is -0.389 e. The molecule has 0 aromatic heterocycles. The van der Waals surface area contributed by atoms with E-state index in [0.717, 1.165) is 71.0 Å². The maximum Gasteiger partial charge on any atom is 0.0764 e. The van der Waals surface area contributed by atoms with Crippen molar-refractivity contribution in [2.75, 3.05) is 0 Å². The second-order valence-corrected chi connectivity index (χ2v) is 11.4. The van der Waals surface area contributed by atoms with Crippen molar-refractivity contribution < 1.29 is 5.11 Å². The molecule has 1 aromatic carbocycles. The van der Waals surface area contributed by atoms with Crippen molar-refractivity contribution in [1.82, 2.24) is 0 Å². The fraction of sp³-hybridized carbons (Fsp3) is 0.692. The summed E-state index contributed by atoms with van der Waals surface area (Å²) < 4.78 is 0. The van der Waals surface area contributed by atoms with E-state index < -0.39 is 0 Å². The normalized spacial score (nSPS) is 57.9. The third-order valence-corrected chi connectivity index (χ3v) is 11.1. The van der Waals surface area contributed by atoms with Gasteiger partial charge in [-0.25, -0.2) is 0 Å². The third kappa shape index (κ3) is 1.48. The Morgan fingerprint density at radius 2 is 1.52 bits per heavy atom. The Labute approximate surface area is 162 Å². The summed E-state index contributed by atoms with van der Waals surface area (Å²) in [7, 11) is 0. The lowest BCUT2D eigenvalue weighted by atomic mass is 9.57. The molecule has 1 nitrogen and oxygen atoms in total. The molecule has 1 N–H and O–H groups in total. The molecule has 5 saturated carbocycles. The smallest absolute Gasteiger partial charge is 0.0764 e. The molecule has 7 aliphatic carbocycles. The van der Waals surface area contributed by atoms with Gasteiger partial charge in [0.15, 0.2) is 0 Å². The highest BCUT2D eigenvalue weighted by molar-refractivity contribution is 5.46. The Morgan fingerprint density at radius 1 is 0.815 bits per heavy atom. The van der Waals surface area contributed by atoms with Crippen LogP contribution in [0.25, 0.3) is 0 Å². The van der Waals surface area contributed by atoms with Crippen LogP contribution in [0.2, 0.25) is 0 Å². The summed E-state index contributed by atoms with van der Waals surface area (Å²) in [4.78, 5) is 0. The predicted molar refractivity (Wildman–Crippen MR) is 105 cm³/mol. The van der Waals surface area contributed by atoms with Crippen molar-refractivity contribution in [3.63, 3.8) is 0 Å². The molecule has 6 bridgehead atoms. The molecule has 0 heterocycles. The van der Waals surface area contributed by atoms with Gasteiger partial charge in [0.1, 0.15) is 0 Å². The van der Waals surface area contributed by atoms with Gasteiger partial charge in [0.05, 0.1) is 6.10 Å². The van der Waals surface area contributed by atoms with E-state index in [1.165, 1.54) is 24.8 Å². The van der Waals surface area contributed by atoms with E-state index in [1.54, 1.807) is 17.5 Å². The van der Waals surface area contributed by atoms with Gasteiger partial charge in [-0.15, -0.1) is 0 Å². The largest absolute Gasteiger partial charge is 0.389 e. The first-order valence-corrected chi connectivity index (χ1v) is 11.7. The van der Waals surface area contributed by atoms with Crippen LogP contribution in [-0.2, 0) is 6.42 Å². The fourth-order valence-corrected chi connectivity index (χ4v) is 10.9. The molecule has 0 amide bonds. The Morgan fingerprint density at radius 3 is 2.26 bits per heavy atom. The maximum absolute atomic E-state index is 10.3. The lowest BCUT2D eigenvalue weighted by Crippen LogP contribution is -2.43. The summed E-state index contributed by atoms with van der Waals surface area (Å²) in [6, 6.07) is 6.84. The van der Waals surface area contributed by atoms with Gasteiger partial charge in [0.2, 0.25) is 0 Å². The zero-order valence-corrected chi connectivity index (χ0v) is 16.2. The highest BCUT2D eigenvalue weighted by atomic mass is 16.3. The van der Waals surface area contributed by atoms with E-state index in [9.17, 15) is 5.11 Å². The van der Waals surface area contributed by atoms with Crippen molar-refractivity contribution in [3.05, 3.63) is 47.0 Å². The highest BCUT2D eigenvalue weighted by Crippen LogP contribution is 2.79. The first-order chi connectivity index (χ1) is 13.2. The van der Waals surface area contributed by atoms with Crippen LogP contribution < -0.4 is 0 Å². The van der Waals surface area contributed by atoms with Gasteiger partial charge < -0.3 is 5.11 Å². The van der Waals surface area contributed by atoms with Crippen LogP contribution in [0.1, 0.15) is 54.9 Å². The van der Waals surface area contributed by atoms with Gasteiger partial charge in [-0.3, -0.25) is 0 Å². The number of hydrogen-bond donors (Lipinski definition) is 1. The molecule has 0 saturated heterocycles. The number of aliphatic hydroxyl groups excluding tert-OH is 1. The van der Waals surface area contributed by atoms with Crippen molar-refractivity contribution in [3.8, 4) is 0 Å². The average Bonchev–Trinajstić information content (AvgIpc) is 3.49. The van der Waals surface area contributed by atoms with Crippen LogP contribution in [0.5, 0.6) is 0 Å². The van der Waals surface area contributed by atoms with Crippen molar-refractivity contribution in [1.29, 1.82) is 0 Å². The first kappa shape index (κ1) is 14.9. The maximum atomic E-state index is 10.3. The van der Waals surface area contributed by atoms with Crippen LogP contribution in [0, 0.1) is 65.1 Å². The second kappa shape index (κ2) is 4.56. The SMILES string of the molecule is C[C@H](O)c1cccc2c1CC1C3CC(C21)C1C2CC(C4C5C=CC(C5)C24)C31. The summed E-state index contributed by atoms with van der Waals surface area (Å²) >= 11 is 0. The molecule has 12 unspecified atom stereocenters. The molecule has 0 radical (unpaired) electrons. The van der Waals surface area contributed by atoms with E-state index in [2.05, 4.69) is 30.4 Å². The zero-order chi connectivity index (χ0) is 17.6. The van der Waals surface area contributed by atoms with Gasteiger partial charge in [-0.2, -0.15) is 0 Å². The summed E-state index contributed by atoms with van der Waals surface area (Å²) in [6.07, 6.45) is 10.8. The Balaban J connectivity index is 1.22. The Bertz CT molecular complexity index is 882. The average molecular weight is 359 g/mol. The van der Waals surface area contributed by atoms with Crippen molar-refractivity contribution in [2.24, 2.45) is 65.1 Å². The van der Waals surface area contributed by atoms with Crippen LogP contribution in [-0.4, -0.2) is 5.11 Å². The molecule has 140 valence electrons. The van der Waals surface area contributed by atoms with Gasteiger partial charge in [0, 0.05) is 0 Å². The van der Waals surface area contributed by atoms with Crippen LogP contribution >= 0.6 is 0 Å². The summed E-state index contributed by atoms with van der Waals surface area (Å²) in [5, 5.41) is 10.3. The predicted octanol–water partition coefficient (Wildman–Crippen LogP) is 4.97. The van der Waals surface area contributed by atoms with E-state index >= 15 is 0 Å². The van der Waals surface area contributed by atoms with E-state index in [0.29, 0.717) is 0 Å². The third-order valence-electron chi connectivity index (χ3n) is 11.1. The molecule has 1 heteroatoms. The summed E-state index contributed by atoms with van der Waals surface area (Å²) in [6.45, 7) is 1.96. The number of hydrogen-bond acceptors (Lipinski definition) is 1. The number of rotatable bonds is 1. The zero-order valence-electron chi connectivity index (χ0n) is 16.2. The molecule has 5 fully saturated rings. The molecular formula is C26H30O. The minimum atomic E-state index is -0.312. The first-order valence-electron chi connectivity index (χ1n) is 11.7. The number of allylic oxidation sites excluding steroid dienone is 2. The minimum absolute atomic E-state index is 0.312. The molecular weight excluding hydrogens is 328 g/mol. The quantitative estimate of drug-likeness (QED) is 0.555. The van der Waals surface area contributed by atoms with Crippen LogP contribution in [0.15, 0.2) is 30.4 Å². The summed E-state index contributed by atoms with van der Waals surface area (Å²) in [5.41, 5.74) is 4.43. The Kier molecular flexibility index (Phi) is 2.51. The second-order valence-electron chi connectivity index (χ2n) is 11.4. The van der Waals surface area contributed by atoms with Gasteiger partial charge in [-0.1, -0.05) is 30.4 Å². The van der Waals surface area contributed by atoms with Gasteiger partial charge >= 0.3 is 0 Å². The standard InChI is InChI=1S/C26H30O/c1-11(27)14-3-2-4-15-16(14)8-17-18-9-21(24(15)17)26-20-10-19(25(18)26)22-12-5-6-13(7-12)23(20)22/h2-6,11-13,17-27H,7-10H2,1H3/t11-,12?,13?,17?,18?,19?,20?,21?,22?,23?,24?,25?,26?/m0/s1. The molecule has 0 spiro atoms. The number of aliphatic hydroxyl groups is 1. The lowest BCUT2D eigenvalue weighted by Gasteiger charge is -2.47. The van der Waals surface area contributed by atoms with Crippen LogP contribution in [0.3, 0.4) is 0 Å². The monoisotopic (exact) mass is 358 g/mol. The molecule has 1 aromatic rings. The summed E-state index contributed by atoms with van der Waals surface area (Å²) in [5.74, 6) is 12.0. The van der Waals surface area contributed by atoms with E-state index in [-0.39, 0.29) is 6.10 Å². The van der Waals surface area contributed by atoms with E-state index in [4.69, 9.17) is 0 Å². The number of fused-ring (bicyclic) bond motifs is 21. The van der Waals surface area contributed by atoms with Crippen LogP contribution in [0.4, 0.5) is 0 Å². The molecule has 27 heavy (non-hydrogen) atoms. The highest BCUT2D eigenvalue weighted by Gasteiger charge is 2.73. The van der Waals surface area contributed by atoms with Crippen molar-refractivity contribution in [2.45, 2.75) is 44.6 Å². The molecule has 7 aliphatic rings. The Hall–Kier alpha value is -1.08. The van der Waals surface area contributed by atoms with E-state index in [1.807, 2.05) is 6.92 Å². The molecule has 0 aliphatic heterocycles. The van der Waals surface area contributed by atoms with Gasteiger partial charge in [-0.05, 0) is 120 Å². The number of benzene rings is 1. The lowest BCUT2D eigenvalue weighted by molar-refractivity contribution is 0.0228. The fourth-order valence-electron chi connectivity index (χ4n) is 10.9. The topological polar surface area (TPSA) is 20.2 Å². The van der Waals surface area contributed by atoms with Crippen molar-refractivity contribution >= 4 is 0 Å². The molecule has 8 rings (SSSR count). The van der Waals surface area contributed by atoms with Gasteiger partial charge in [0.25, 0.3) is 0 Å².